The number of aliphatic hydroxyl groups is 1. The van der Waals surface area contributed by atoms with Gasteiger partial charge >= 0.3 is 0 Å². The number of rotatable bonds is 4. The standard InChI is InChI=1S/C10H14BrNO2/c1-7(13)5-6-14-10-4-3-9(11)8(2)12-10/h3-4,7,13H,5-6H2,1-2H3/t7-/m1/s1. The van der Waals surface area contributed by atoms with Crippen LogP contribution in [0, 0.1) is 6.92 Å². The Morgan fingerprint density at radius 3 is 2.86 bits per heavy atom. The minimum atomic E-state index is -0.327. The van der Waals surface area contributed by atoms with Crippen molar-refractivity contribution in [2.75, 3.05) is 6.61 Å². The van der Waals surface area contributed by atoms with Crippen LogP contribution in [0.3, 0.4) is 0 Å². The second-order valence-electron chi connectivity index (χ2n) is 3.20. The van der Waals surface area contributed by atoms with Crippen molar-refractivity contribution in [1.82, 2.24) is 4.98 Å². The molecule has 0 spiro atoms. The van der Waals surface area contributed by atoms with Crippen LogP contribution >= 0.6 is 15.9 Å². The van der Waals surface area contributed by atoms with Crippen LogP contribution in [-0.2, 0) is 0 Å². The molecule has 0 aliphatic rings. The molecule has 0 saturated carbocycles. The Morgan fingerprint density at radius 1 is 1.57 bits per heavy atom. The van der Waals surface area contributed by atoms with Gasteiger partial charge < -0.3 is 9.84 Å². The molecule has 78 valence electrons. The first-order valence-corrected chi connectivity index (χ1v) is 5.33. The average molecular weight is 260 g/mol. The number of nitrogens with zero attached hydrogens (tertiary/aromatic N) is 1. The lowest BCUT2D eigenvalue weighted by Crippen LogP contribution is -2.08. The van der Waals surface area contributed by atoms with Gasteiger partial charge in [0.1, 0.15) is 0 Å². The number of aromatic nitrogens is 1. The Hall–Kier alpha value is -0.610. The molecular weight excluding hydrogens is 246 g/mol. The minimum absolute atomic E-state index is 0.327. The first-order valence-electron chi connectivity index (χ1n) is 4.53. The lowest BCUT2D eigenvalue weighted by atomic mass is 10.3. The fourth-order valence-corrected chi connectivity index (χ4v) is 1.16. The molecule has 14 heavy (non-hydrogen) atoms. The smallest absolute Gasteiger partial charge is 0.213 e. The zero-order valence-electron chi connectivity index (χ0n) is 8.33. The van der Waals surface area contributed by atoms with E-state index in [4.69, 9.17) is 9.84 Å². The van der Waals surface area contributed by atoms with E-state index in [-0.39, 0.29) is 6.10 Å². The molecule has 0 aromatic carbocycles. The molecule has 0 fully saturated rings. The fraction of sp³-hybridized carbons (Fsp3) is 0.500. The van der Waals surface area contributed by atoms with Crippen molar-refractivity contribution in [1.29, 1.82) is 0 Å². The summed E-state index contributed by atoms with van der Waals surface area (Å²) < 4.78 is 6.33. The summed E-state index contributed by atoms with van der Waals surface area (Å²) in [6, 6.07) is 3.71. The highest BCUT2D eigenvalue weighted by molar-refractivity contribution is 9.10. The zero-order valence-corrected chi connectivity index (χ0v) is 9.91. The van der Waals surface area contributed by atoms with Crippen LogP contribution in [-0.4, -0.2) is 22.8 Å². The third-order valence-electron chi connectivity index (χ3n) is 1.78. The molecule has 1 atom stereocenters. The molecule has 0 bridgehead atoms. The highest BCUT2D eigenvalue weighted by Gasteiger charge is 2.01. The molecule has 0 unspecified atom stereocenters. The number of hydrogen-bond donors (Lipinski definition) is 1. The topological polar surface area (TPSA) is 42.4 Å². The van der Waals surface area contributed by atoms with Gasteiger partial charge in [-0.05, 0) is 35.8 Å². The monoisotopic (exact) mass is 259 g/mol. The molecule has 1 rings (SSSR count). The summed E-state index contributed by atoms with van der Waals surface area (Å²) in [5.74, 6) is 0.603. The molecule has 3 nitrogen and oxygen atoms in total. The van der Waals surface area contributed by atoms with Gasteiger partial charge in [-0.15, -0.1) is 0 Å². The highest BCUT2D eigenvalue weighted by atomic mass is 79.9. The average Bonchev–Trinajstić information content (AvgIpc) is 2.10. The quantitative estimate of drug-likeness (QED) is 0.903. The van der Waals surface area contributed by atoms with Crippen molar-refractivity contribution < 1.29 is 9.84 Å². The third-order valence-corrected chi connectivity index (χ3v) is 2.62. The summed E-state index contributed by atoms with van der Waals surface area (Å²) in [7, 11) is 0. The van der Waals surface area contributed by atoms with Gasteiger partial charge in [0.25, 0.3) is 0 Å². The summed E-state index contributed by atoms with van der Waals surface area (Å²) in [5, 5.41) is 9.02. The van der Waals surface area contributed by atoms with Crippen LogP contribution < -0.4 is 4.74 Å². The largest absolute Gasteiger partial charge is 0.478 e. The second kappa shape index (κ2) is 5.32. The molecule has 0 amide bonds. The van der Waals surface area contributed by atoms with Crippen molar-refractivity contribution in [2.24, 2.45) is 0 Å². The van der Waals surface area contributed by atoms with Crippen molar-refractivity contribution in [2.45, 2.75) is 26.4 Å². The van der Waals surface area contributed by atoms with Gasteiger partial charge in [-0.3, -0.25) is 0 Å². The summed E-state index contributed by atoms with van der Waals surface area (Å²) in [6.07, 6.45) is 0.295. The molecule has 1 heterocycles. The van der Waals surface area contributed by atoms with Crippen LogP contribution in [0.5, 0.6) is 5.88 Å². The Kier molecular flexibility index (Phi) is 4.35. The van der Waals surface area contributed by atoms with Crippen LogP contribution in [0.25, 0.3) is 0 Å². The van der Waals surface area contributed by atoms with Crippen molar-refractivity contribution in [3.63, 3.8) is 0 Å². The maximum atomic E-state index is 9.02. The first-order chi connectivity index (χ1) is 6.59. The number of halogens is 1. The zero-order chi connectivity index (χ0) is 10.6. The molecule has 0 aliphatic carbocycles. The molecule has 1 N–H and O–H groups in total. The molecule has 0 saturated heterocycles. The summed E-state index contributed by atoms with van der Waals surface area (Å²) in [4.78, 5) is 4.22. The van der Waals surface area contributed by atoms with Gasteiger partial charge in [-0.2, -0.15) is 0 Å². The Labute approximate surface area is 92.3 Å². The highest BCUT2D eigenvalue weighted by Crippen LogP contribution is 2.17. The van der Waals surface area contributed by atoms with E-state index in [9.17, 15) is 0 Å². The Morgan fingerprint density at radius 2 is 2.29 bits per heavy atom. The Bertz CT molecular complexity index is 302. The van der Waals surface area contributed by atoms with Gasteiger partial charge in [-0.1, -0.05) is 0 Å². The third kappa shape index (κ3) is 3.64. The van der Waals surface area contributed by atoms with Gasteiger partial charge in [0.15, 0.2) is 0 Å². The van der Waals surface area contributed by atoms with E-state index < -0.39 is 0 Å². The van der Waals surface area contributed by atoms with E-state index in [1.165, 1.54) is 0 Å². The van der Waals surface area contributed by atoms with Crippen molar-refractivity contribution >= 4 is 15.9 Å². The number of hydrogen-bond acceptors (Lipinski definition) is 3. The van der Waals surface area contributed by atoms with Gasteiger partial charge in [0.05, 0.1) is 18.4 Å². The number of aliphatic hydroxyl groups excluding tert-OH is 1. The fourth-order valence-electron chi connectivity index (χ4n) is 0.935. The van der Waals surface area contributed by atoms with Crippen LogP contribution in [0.1, 0.15) is 19.0 Å². The number of ether oxygens (including phenoxy) is 1. The van der Waals surface area contributed by atoms with Gasteiger partial charge in [-0.25, -0.2) is 4.98 Å². The maximum Gasteiger partial charge on any atom is 0.213 e. The molecule has 0 aliphatic heterocycles. The Balaban J connectivity index is 2.47. The van der Waals surface area contributed by atoms with E-state index in [1.807, 2.05) is 13.0 Å². The molecular formula is C10H14BrNO2. The van der Waals surface area contributed by atoms with Gasteiger partial charge in [0, 0.05) is 17.0 Å². The number of aryl methyl sites for hydroxylation is 1. The normalized spacial score (nSPS) is 12.6. The number of pyridine rings is 1. The summed E-state index contributed by atoms with van der Waals surface area (Å²) in [6.45, 7) is 4.14. The summed E-state index contributed by atoms with van der Waals surface area (Å²) in [5.41, 5.74) is 0.902. The van der Waals surface area contributed by atoms with Crippen molar-refractivity contribution in [3.05, 3.63) is 22.3 Å². The van der Waals surface area contributed by atoms with Crippen molar-refractivity contribution in [3.8, 4) is 5.88 Å². The van der Waals surface area contributed by atoms with E-state index in [0.29, 0.717) is 18.9 Å². The molecule has 1 aromatic heterocycles. The maximum absolute atomic E-state index is 9.02. The first kappa shape index (κ1) is 11.5. The molecule has 1 aromatic rings. The molecule has 0 radical (unpaired) electrons. The second-order valence-corrected chi connectivity index (χ2v) is 4.06. The van der Waals surface area contributed by atoms with E-state index in [2.05, 4.69) is 20.9 Å². The SMILES string of the molecule is Cc1nc(OCC[C@@H](C)O)ccc1Br. The summed E-state index contributed by atoms with van der Waals surface area (Å²) >= 11 is 3.36. The van der Waals surface area contributed by atoms with E-state index in [1.54, 1.807) is 13.0 Å². The van der Waals surface area contributed by atoms with Crippen LogP contribution in [0.15, 0.2) is 16.6 Å². The van der Waals surface area contributed by atoms with E-state index in [0.717, 1.165) is 10.2 Å². The van der Waals surface area contributed by atoms with E-state index >= 15 is 0 Å². The van der Waals surface area contributed by atoms with Gasteiger partial charge in [0.2, 0.25) is 5.88 Å². The van der Waals surface area contributed by atoms with Crippen LogP contribution in [0.2, 0.25) is 0 Å². The lowest BCUT2D eigenvalue weighted by Gasteiger charge is -2.07. The lowest BCUT2D eigenvalue weighted by molar-refractivity contribution is 0.154. The predicted octanol–water partition coefficient (Wildman–Crippen LogP) is 2.30. The predicted molar refractivity (Wildman–Crippen MR) is 58.5 cm³/mol. The molecule has 4 heteroatoms. The minimum Gasteiger partial charge on any atom is -0.478 e. The van der Waals surface area contributed by atoms with Crippen LogP contribution in [0.4, 0.5) is 0 Å².